The van der Waals surface area contributed by atoms with Crippen LogP contribution in [0.25, 0.3) is 20.3 Å². The summed E-state index contributed by atoms with van der Waals surface area (Å²) in [6.45, 7) is 2.82. The van der Waals surface area contributed by atoms with Crippen LogP contribution in [0.4, 0.5) is 21.6 Å². The number of hydrogen-bond donors (Lipinski definition) is 2. The van der Waals surface area contributed by atoms with E-state index in [1.165, 1.54) is 30.7 Å². The molecule has 2 N–H and O–H groups in total. The number of aromatic nitrogens is 2. The first-order valence-corrected chi connectivity index (χ1v) is 11.6. The maximum Gasteiger partial charge on any atom is 0.227 e. The zero-order chi connectivity index (χ0) is 22.9. The lowest BCUT2D eigenvalue weighted by molar-refractivity contribution is -0.120. The van der Waals surface area contributed by atoms with Crippen molar-refractivity contribution in [1.82, 2.24) is 9.97 Å². The van der Waals surface area contributed by atoms with E-state index >= 15 is 0 Å². The Morgan fingerprint density at radius 3 is 2.42 bits per heavy atom. The van der Waals surface area contributed by atoms with E-state index in [1.807, 2.05) is 6.07 Å². The molecule has 0 saturated carbocycles. The normalized spacial score (nSPS) is 14.5. The Hall–Kier alpha value is -3.59. The van der Waals surface area contributed by atoms with E-state index in [0.717, 1.165) is 15.2 Å². The Bertz CT molecular complexity index is 1350. The Morgan fingerprint density at radius 1 is 1.03 bits per heavy atom. The molecule has 0 unspecified atom stereocenters. The first-order valence-electron chi connectivity index (χ1n) is 10.7. The van der Waals surface area contributed by atoms with E-state index in [0.29, 0.717) is 48.2 Å². The van der Waals surface area contributed by atoms with Crippen molar-refractivity contribution in [3.05, 3.63) is 54.6 Å². The number of thiophene rings is 1. The number of fused-ring (bicyclic) bond motifs is 3. The summed E-state index contributed by atoms with van der Waals surface area (Å²) >= 11 is 1.50. The molecule has 2 aromatic heterocycles. The van der Waals surface area contributed by atoms with Crippen LogP contribution in [0.3, 0.4) is 0 Å². The molecule has 7 nitrogen and oxygen atoms in total. The highest BCUT2D eigenvalue weighted by Crippen LogP contribution is 2.39. The summed E-state index contributed by atoms with van der Waals surface area (Å²) in [6, 6.07) is 12.1. The molecule has 9 heteroatoms. The van der Waals surface area contributed by atoms with Gasteiger partial charge in [0.15, 0.2) is 0 Å². The third kappa shape index (κ3) is 4.23. The van der Waals surface area contributed by atoms with Crippen molar-refractivity contribution in [2.24, 2.45) is 5.92 Å². The van der Waals surface area contributed by atoms with E-state index in [2.05, 4.69) is 25.5 Å². The van der Waals surface area contributed by atoms with Gasteiger partial charge in [0.25, 0.3) is 0 Å². The Labute approximate surface area is 193 Å². The van der Waals surface area contributed by atoms with Crippen molar-refractivity contribution in [2.75, 3.05) is 28.6 Å². The lowest BCUT2D eigenvalue weighted by Gasteiger charge is -2.32. The van der Waals surface area contributed by atoms with Crippen molar-refractivity contribution < 1.29 is 14.0 Å². The minimum atomic E-state index is -0.274. The SMILES string of the molecule is CC(=O)Nc1ccc(NC(=O)C2CCN(c3ncnc4c3sc3cccc(F)c34)CC2)cc1. The van der Waals surface area contributed by atoms with E-state index in [1.54, 1.807) is 30.3 Å². The lowest BCUT2D eigenvalue weighted by atomic mass is 9.95. The van der Waals surface area contributed by atoms with Crippen LogP contribution in [-0.4, -0.2) is 34.9 Å². The van der Waals surface area contributed by atoms with Crippen molar-refractivity contribution in [3.8, 4) is 0 Å². The van der Waals surface area contributed by atoms with E-state index in [-0.39, 0.29) is 23.5 Å². The first kappa shape index (κ1) is 21.3. The fourth-order valence-electron chi connectivity index (χ4n) is 4.23. The van der Waals surface area contributed by atoms with Gasteiger partial charge in [-0.05, 0) is 49.2 Å². The molecule has 33 heavy (non-hydrogen) atoms. The zero-order valence-corrected chi connectivity index (χ0v) is 18.8. The maximum absolute atomic E-state index is 14.4. The molecule has 168 valence electrons. The molecule has 1 aliphatic heterocycles. The lowest BCUT2D eigenvalue weighted by Crippen LogP contribution is -2.38. The third-order valence-corrected chi connectivity index (χ3v) is 6.99. The monoisotopic (exact) mass is 463 g/mol. The number of nitrogens with one attached hydrogen (secondary N) is 2. The first-order chi connectivity index (χ1) is 16.0. The van der Waals surface area contributed by atoms with Gasteiger partial charge in [0.05, 0.1) is 15.6 Å². The Kier molecular flexibility index (Phi) is 5.63. The molecule has 5 rings (SSSR count). The van der Waals surface area contributed by atoms with E-state index < -0.39 is 0 Å². The minimum absolute atomic E-state index is 0.0151. The van der Waals surface area contributed by atoms with Crippen LogP contribution in [-0.2, 0) is 9.59 Å². The number of hydrogen-bond acceptors (Lipinski definition) is 6. The number of carbonyl (C=O) groups is 2. The predicted molar refractivity (Wildman–Crippen MR) is 129 cm³/mol. The summed E-state index contributed by atoms with van der Waals surface area (Å²) in [7, 11) is 0. The average Bonchev–Trinajstić information content (AvgIpc) is 3.20. The third-order valence-electron chi connectivity index (χ3n) is 5.85. The largest absolute Gasteiger partial charge is 0.355 e. The van der Waals surface area contributed by atoms with Gasteiger partial charge in [0, 0.05) is 42.0 Å². The van der Waals surface area contributed by atoms with Gasteiger partial charge in [-0.2, -0.15) is 0 Å². The van der Waals surface area contributed by atoms with Gasteiger partial charge in [-0.1, -0.05) is 6.07 Å². The summed E-state index contributed by atoms with van der Waals surface area (Å²) in [5, 5.41) is 6.21. The summed E-state index contributed by atoms with van der Waals surface area (Å²) in [6.07, 6.45) is 2.88. The van der Waals surface area contributed by atoms with Crippen LogP contribution >= 0.6 is 11.3 Å². The molecular formula is C24H22FN5O2S. The van der Waals surface area contributed by atoms with Crippen LogP contribution < -0.4 is 15.5 Å². The molecule has 3 heterocycles. The number of benzene rings is 2. The fourth-order valence-corrected chi connectivity index (χ4v) is 5.42. The maximum atomic E-state index is 14.4. The number of halogens is 1. The number of carbonyl (C=O) groups excluding carboxylic acids is 2. The number of amides is 2. The molecule has 2 amide bonds. The van der Waals surface area contributed by atoms with Crippen LogP contribution in [0.5, 0.6) is 0 Å². The highest BCUT2D eigenvalue weighted by atomic mass is 32.1. The number of rotatable bonds is 4. The molecule has 1 saturated heterocycles. The van der Waals surface area contributed by atoms with Crippen LogP contribution in [0.15, 0.2) is 48.8 Å². The summed E-state index contributed by atoms with van der Waals surface area (Å²) in [4.78, 5) is 34.9. The smallest absolute Gasteiger partial charge is 0.227 e. The molecule has 4 aromatic rings. The number of piperidine rings is 1. The summed E-state index contributed by atoms with van der Waals surface area (Å²) < 4.78 is 16.1. The van der Waals surface area contributed by atoms with Gasteiger partial charge in [0.1, 0.15) is 18.0 Å². The van der Waals surface area contributed by atoms with Crippen molar-refractivity contribution >= 4 is 60.6 Å². The topological polar surface area (TPSA) is 87.2 Å². The van der Waals surface area contributed by atoms with Crippen molar-refractivity contribution in [2.45, 2.75) is 19.8 Å². The van der Waals surface area contributed by atoms with Gasteiger partial charge >= 0.3 is 0 Å². The second kappa shape index (κ2) is 8.74. The van der Waals surface area contributed by atoms with Gasteiger partial charge in [-0.15, -0.1) is 11.3 Å². The van der Waals surface area contributed by atoms with Gasteiger partial charge < -0.3 is 15.5 Å². The highest BCUT2D eigenvalue weighted by Gasteiger charge is 2.27. The molecule has 1 aliphatic rings. The molecule has 0 radical (unpaired) electrons. The zero-order valence-electron chi connectivity index (χ0n) is 18.0. The van der Waals surface area contributed by atoms with Gasteiger partial charge in [0.2, 0.25) is 11.8 Å². The van der Waals surface area contributed by atoms with Gasteiger partial charge in [-0.3, -0.25) is 9.59 Å². The Morgan fingerprint density at radius 2 is 1.73 bits per heavy atom. The van der Waals surface area contributed by atoms with Gasteiger partial charge in [-0.25, -0.2) is 14.4 Å². The van der Waals surface area contributed by atoms with E-state index in [9.17, 15) is 14.0 Å². The molecule has 0 aliphatic carbocycles. The second-order valence-electron chi connectivity index (χ2n) is 8.10. The van der Waals surface area contributed by atoms with Crippen LogP contribution in [0.2, 0.25) is 0 Å². The molecule has 0 spiro atoms. The quantitative estimate of drug-likeness (QED) is 0.454. The second-order valence-corrected chi connectivity index (χ2v) is 9.15. The fraction of sp³-hybridized carbons (Fsp3) is 0.250. The molecule has 1 fully saturated rings. The standard InChI is InChI=1S/C24H22FN5O2S/c1-14(31)28-16-5-7-17(8-6-16)29-24(32)15-9-11-30(12-10-15)23-22-21(26-13-27-23)20-18(25)3-2-4-19(20)33-22/h2-8,13,15H,9-12H2,1H3,(H,28,31)(H,29,32). The Balaban J connectivity index is 1.27. The average molecular weight is 464 g/mol. The van der Waals surface area contributed by atoms with Crippen molar-refractivity contribution in [3.63, 3.8) is 0 Å². The molecular weight excluding hydrogens is 441 g/mol. The van der Waals surface area contributed by atoms with Crippen LogP contribution in [0.1, 0.15) is 19.8 Å². The highest BCUT2D eigenvalue weighted by molar-refractivity contribution is 7.26. The number of anilines is 3. The molecule has 2 aromatic carbocycles. The predicted octanol–water partition coefficient (Wildman–Crippen LogP) is 4.80. The molecule has 0 bridgehead atoms. The van der Waals surface area contributed by atoms with Crippen molar-refractivity contribution in [1.29, 1.82) is 0 Å². The summed E-state index contributed by atoms with van der Waals surface area (Å²) in [5.41, 5.74) is 2.02. The summed E-state index contributed by atoms with van der Waals surface area (Å²) in [5.74, 6) is 0.268. The molecule has 0 atom stereocenters. The van der Waals surface area contributed by atoms with Crippen LogP contribution in [0, 0.1) is 11.7 Å². The number of nitrogens with zero attached hydrogens (tertiary/aromatic N) is 3. The van der Waals surface area contributed by atoms with E-state index in [4.69, 9.17) is 0 Å². The minimum Gasteiger partial charge on any atom is -0.355 e.